The first-order valence-corrected chi connectivity index (χ1v) is 6.57. The number of aromatic nitrogens is 1. The standard InChI is InChI=1S/C14H22N4/c1-10-8-13(10)18-14(15-3)17-7-5-12-4-6-16-9-11(12)2/h4,6,9-10,13H,5,7-8H2,1-3H3,(H2,15,17,18). The van der Waals surface area contributed by atoms with Crippen molar-refractivity contribution in [1.29, 1.82) is 0 Å². The lowest BCUT2D eigenvalue weighted by atomic mass is 10.1. The largest absolute Gasteiger partial charge is 0.356 e. The van der Waals surface area contributed by atoms with Crippen LogP contribution in [0.1, 0.15) is 24.5 Å². The second-order valence-corrected chi connectivity index (χ2v) is 5.01. The van der Waals surface area contributed by atoms with E-state index in [9.17, 15) is 0 Å². The summed E-state index contributed by atoms with van der Waals surface area (Å²) in [6, 6.07) is 2.69. The molecule has 0 amide bonds. The van der Waals surface area contributed by atoms with Gasteiger partial charge >= 0.3 is 0 Å². The van der Waals surface area contributed by atoms with Gasteiger partial charge in [0.15, 0.2) is 5.96 Å². The van der Waals surface area contributed by atoms with Crippen molar-refractivity contribution >= 4 is 5.96 Å². The molecule has 1 aliphatic carbocycles. The van der Waals surface area contributed by atoms with Gasteiger partial charge in [-0.1, -0.05) is 6.92 Å². The first kappa shape index (κ1) is 12.9. The van der Waals surface area contributed by atoms with Gasteiger partial charge < -0.3 is 10.6 Å². The molecule has 18 heavy (non-hydrogen) atoms. The minimum atomic E-state index is 0.610. The maximum absolute atomic E-state index is 4.24. The van der Waals surface area contributed by atoms with Crippen LogP contribution in [0.5, 0.6) is 0 Å². The van der Waals surface area contributed by atoms with E-state index in [1.165, 1.54) is 17.5 Å². The highest BCUT2D eigenvalue weighted by atomic mass is 15.2. The topological polar surface area (TPSA) is 49.3 Å². The van der Waals surface area contributed by atoms with Crippen LogP contribution in [0.15, 0.2) is 23.5 Å². The maximum Gasteiger partial charge on any atom is 0.191 e. The van der Waals surface area contributed by atoms with Crippen molar-refractivity contribution in [3.63, 3.8) is 0 Å². The molecule has 0 spiro atoms. The zero-order valence-electron chi connectivity index (χ0n) is 11.4. The van der Waals surface area contributed by atoms with Crippen molar-refractivity contribution in [3.05, 3.63) is 29.6 Å². The summed E-state index contributed by atoms with van der Waals surface area (Å²) in [6.45, 7) is 5.25. The van der Waals surface area contributed by atoms with Gasteiger partial charge in [0.2, 0.25) is 0 Å². The Labute approximate surface area is 109 Å². The predicted octanol–water partition coefficient (Wildman–Crippen LogP) is 1.51. The van der Waals surface area contributed by atoms with E-state index in [0.29, 0.717) is 6.04 Å². The molecule has 0 aromatic carbocycles. The molecule has 0 aliphatic heterocycles. The summed E-state index contributed by atoms with van der Waals surface area (Å²) in [5.74, 6) is 1.70. The molecule has 98 valence electrons. The molecular weight excluding hydrogens is 224 g/mol. The molecule has 4 heteroatoms. The molecular formula is C14H22N4. The molecule has 2 unspecified atom stereocenters. The molecule has 1 heterocycles. The fraction of sp³-hybridized carbons (Fsp3) is 0.571. The molecule has 2 atom stereocenters. The number of hydrogen-bond acceptors (Lipinski definition) is 2. The van der Waals surface area contributed by atoms with Gasteiger partial charge in [0, 0.05) is 32.0 Å². The Balaban J connectivity index is 1.75. The number of nitrogens with one attached hydrogen (secondary N) is 2. The molecule has 2 rings (SSSR count). The fourth-order valence-corrected chi connectivity index (χ4v) is 1.99. The average Bonchev–Trinajstić information content (AvgIpc) is 3.06. The molecule has 1 fully saturated rings. The van der Waals surface area contributed by atoms with Crippen molar-refractivity contribution < 1.29 is 0 Å². The highest BCUT2D eigenvalue weighted by Crippen LogP contribution is 2.28. The van der Waals surface area contributed by atoms with Crippen LogP contribution in [-0.4, -0.2) is 30.6 Å². The fourth-order valence-electron chi connectivity index (χ4n) is 1.99. The summed E-state index contributed by atoms with van der Waals surface area (Å²) < 4.78 is 0. The summed E-state index contributed by atoms with van der Waals surface area (Å²) in [6.07, 6.45) is 6.01. The number of nitrogens with zero attached hydrogens (tertiary/aromatic N) is 2. The molecule has 4 nitrogen and oxygen atoms in total. The molecule has 1 saturated carbocycles. The van der Waals surface area contributed by atoms with Gasteiger partial charge in [-0.25, -0.2) is 0 Å². The smallest absolute Gasteiger partial charge is 0.191 e. The van der Waals surface area contributed by atoms with Crippen LogP contribution in [0.2, 0.25) is 0 Å². The zero-order valence-corrected chi connectivity index (χ0v) is 11.4. The summed E-state index contributed by atoms with van der Waals surface area (Å²) in [4.78, 5) is 8.34. The first-order chi connectivity index (χ1) is 8.70. The minimum absolute atomic E-state index is 0.610. The molecule has 1 aliphatic rings. The third-order valence-corrected chi connectivity index (χ3v) is 3.48. The summed E-state index contributed by atoms with van der Waals surface area (Å²) in [5, 5.41) is 6.77. The number of rotatable bonds is 4. The monoisotopic (exact) mass is 246 g/mol. The Hall–Kier alpha value is -1.58. The van der Waals surface area contributed by atoms with Gasteiger partial charge in [0.1, 0.15) is 0 Å². The zero-order chi connectivity index (χ0) is 13.0. The van der Waals surface area contributed by atoms with Gasteiger partial charge in [0.05, 0.1) is 0 Å². The minimum Gasteiger partial charge on any atom is -0.356 e. The van der Waals surface area contributed by atoms with E-state index in [0.717, 1.165) is 24.8 Å². The van der Waals surface area contributed by atoms with Crippen molar-refractivity contribution in [2.24, 2.45) is 10.9 Å². The van der Waals surface area contributed by atoms with Crippen LogP contribution in [0, 0.1) is 12.8 Å². The second-order valence-electron chi connectivity index (χ2n) is 5.01. The second kappa shape index (κ2) is 5.85. The van der Waals surface area contributed by atoms with Gasteiger partial charge in [-0.2, -0.15) is 0 Å². The number of hydrogen-bond donors (Lipinski definition) is 2. The van der Waals surface area contributed by atoms with Crippen LogP contribution >= 0.6 is 0 Å². The average molecular weight is 246 g/mol. The molecule has 0 saturated heterocycles. The molecule has 2 N–H and O–H groups in total. The number of aliphatic imine (C=N–C) groups is 1. The van der Waals surface area contributed by atoms with Crippen molar-refractivity contribution in [3.8, 4) is 0 Å². The highest BCUT2D eigenvalue weighted by molar-refractivity contribution is 5.80. The third-order valence-electron chi connectivity index (χ3n) is 3.48. The molecule has 1 aromatic rings. The van der Waals surface area contributed by atoms with Crippen molar-refractivity contribution in [2.45, 2.75) is 32.7 Å². The van der Waals surface area contributed by atoms with E-state index in [4.69, 9.17) is 0 Å². The maximum atomic E-state index is 4.24. The predicted molar refractivity (Wildman–Crippen MR) is 74.7 cm³/mol. The van der Waals surface area contributed by atoms with Gasteiger partial charge in [-0.15, -0.1) is 0 Å². The first-order valence-electron chi connectivity index (χ1n) is 6.57. The molecule has 0 radical (unpaired) electrons. The Morgan fingerprint density at radius 3 is 2.94 bits per heavy atom. The quantitative estimate of drug-likeness (QED) is 0.625. The van der Waals surface area contributed by atoms with Crippen LogP contribution in [0.4, 0.5) is 0 Å². The highest BCUT2D eigenvalue weighted by Gasteiger charge is 2.33. The Bertz CT molecular complexity index is 428. The Morgan fingerprint density at radius 1 is 1.56 bits per heavy atom. The van der Waals surface area contributed by atoms with Crippen LogP contribution in [0.25, 0.3) is 0 Å². The van der Waals surface area contributed by atoms with Crippen LogP contribution < -0.4 is 10.6 Å². The van der Waals surface area contributed by atoms with E-state index >= 15 is 0 Å². The lowest BCUT2D eigenvalue weighted by molar-refractivity contribution is 0.756. The number of pyridine rings is 1. The van der Waals surface area contributed by atoms with Crippen molar-refractivity contribution in [1.82, 2.24) is 15.6 Å². The number of guanidine groups is 1. The normalized spacial score (nSPS) is 22.7. The Morgan fingerprint density at radius 2 is 2.33 bits per heavy atom. The van der Waals surface area contributed by atoms with Gasteiger partial charge in [0.25, 0.3) is 0 Å². The lowest BCUT2D eigenvalue weighted by Crippen LogP contribution is -2.40. The van der Waals surface area contributed by atoms with E-state index in [1.807, 2.05) is 19.4 Å². The van der Waals surface area contributed by atoms with E-state index in [2.05, 4.69) is 40.5 Å². The van der Waals surface area contributed by atoms with Gasteiger partial charge in [-0.3, -0.25) is 9.98 Å². The van der Waals surface area contributed by atoms with Crippen LogP contribution in [-0.2, 0) is 6.42 Å². The number of aryl methyl sites for hydroxylation is 1. The third kappa shape index (κ3) is 3.45. The van der Waals surface area contributed by atoms with E-state index in [1.54, 1.807) is 0 Å². The lowest BCUT2D eigenvalue weighted by Gasteiger charge is -2.12. The van der Waals surface area contributed by atoms with Crippen molar-refractivity contribution in [2.75, 3.05) is 13.6 Å². The SMILES string of the molecule is CN=C(NCCc1ccncc1C)NC1CC1C. The summed E-state index contributed by atoms with van der Waals surface area (Å²) in [5.41, 5.74) is 2.59. The van der Waals surface area contributed by atoms with Crippen LogP contribution in [0.3, 0.4) is 0 Å². The van der Waals surface area contributed by atoms with Gasteiger partial charge in [-0.05, 0) is 42.9 Å². The Kier molecular flexibility index (Phi) is 4.18. The molecule has 0 bridgehead atoms. The summed E-state index contributed by atoms with van der Waals surface area (Å²) >= 11 is 0. The van der Waals surface area contributed by atoms with E-state index < -0.39 is 0 Å². The summed E-state index contributed by atoms with van der Waals surface area (Å²) in [7, 11) is 1.82. The van der Waals surface area contributed by atoms with E-state index in [-0.39, 0.29) is 0 Å². The molecule has 1 aromatic heterocycles.